The summed E-state index contributed by atoms with van der Waals surface area (Å²) in [4.78, 5) is 0. The highest BCUT2D eigenvalue weighted by molar-refractivity contribution is 6.31. The van der Waals surface area contributed by atoms with E-state index in [0.29, 0.717) is 6.54 Å². The lowest BCUT2D eigenvalue weighted by Crippen LogP contribution is -1.98. The molecule has 0 aliphatic rings. The summed E-state index contributed by atoms with van der Waals surface area (Å²) < 4.78 is 2.21. The quantitative estimate of drug-likeness (QED) is 0.771. The molecule has 0 aliphatic carbocycles. The molecule has 0 atom stereocenters. The van der Waals surface area contributed by atoms with Crippen molar-refractivity contribution < 1.29 is 0 Å². The maximum atomic E-state index is 6.10. The van der Waals surface area contributed by atoms with Crippen molar-refractivity contribution in [3.8, 4) is 0 Å². The van der Waals surface area contributed by atoms with Gasteiger partial charge in [0.1, 0.15) is 0 Å². The van der Waals surface area contributed by atoms with Crippen LogP contribution in [0.2, 0.25) is 5.02 Å². The van der Waals surface area contributed by atoms with E-state index >= 15 is 0 Å². The molecule has 3 rings (SSSR count). The summed E-state index contributed by atoms with van der Waals surface area (Å²) in [6.45, 7) is 1.37. The molecule has 96 valence electrons. The number of hydrogen-bond donors (Lipinski definition) is 1. The Balaban J connectivity index is 2.10. The van der Waals surface area contributed by atoms with Crippen LogP contribution in [-0.2, 0) is 13.1 Å². The molecule has 0 aliphatic heterocycles. The van der Waals surface area contributed by atoms with Crippen LogP contribution in [0.15, 0.2) is 54.7 Å². The Morgan fingerprint density at radius 3 is 2.58 bits per heavy atom. The van der Waals surface area contributed by atoms with Crippen molar-refractivity contribution in [2.45, 2.75) is 13.1 Å². The Morgan fingerprint density at radius 2 is 1.84 bits per heavy atom. The number of aromatic nitrogens is 1. The SMILES string of the molecule is NCc1cn(Cc2ccccc2)c2cc(Cl)ccc12. The van der Waals surface area contributed by atoms with Crippen molar-refractivity contribution in [2.75, 3.05) is 0 Å². The molecule has 0 amide bonds. The molecule has 0 bridgehead atoms. The molecule has 1 heterocycles. The molecule has 0 fully saturated rings. The zero-order valence-corrected chi connectivity index (χ0v) is 11.3. The fraction of sp³-hybridized carbons (Fsp3) is 0.125. The van der Waals surface area contributed by atoms with Gasteiger partial charge in [0.25, 0.3) is 0 Å². The minimum absolute atomic E-state index is 0.542. The van der Waals surface area contributed by atoms with Gasteiger partial charge in [0, 0.05) is 29.7 Å². The molecule has 3 aromatic rings. The third kappa shape index (κ3) is 2.37. The van der Waals surface area contributed by atoms with E-state index in [1.165, 1.54) is 10.9 Å². The molecule has 0 saturated carbocycles. The molecule has 0 radical (unpaired) electrons. The highest BCUT2D eigenvalue weighted by Crippen LogP contribution is 2.25. The van der Waals surface area contributed by atoms with Crippen LogP contribution in [0.4, 0.5) is 0 Å². The molecular formula is C16H15ClN2. The minimum Gasteiger partial charge on any atom is -0.343 e. The molecule has 2 nitrogen and oxygen atoms in total. The van der Waals surface area contributed by atoms with Crippen molar-refractivity contribution in [3.63, 3.8) is 0 Å². The average molecular weight is 271 g/mol. The van der Waals surface area contributed by atoms with E-state index in [1.54, 1.807) is 0 Å². The van der Waals surface area contributed by atoms with Gasteiger partial charge in [-0.1, -0.05) is 48.0 Å². The van der Waals surface area contributed by atoms with Gasteiger partial charge < -0.3 is 10.3 Å². The standard InChI is InChI=1S/C16H15ClN2/c17-14-6-7-15-13(9-18)11-19(16(15)8-14)10-12-4-2-1-3-5-12/h1-8,11H,9-10,18H2. The zero-order valence-electron chi connectivity index (χ0n) is 10.5. The van der Waals surface area contributed by atoms with Crippen LogP contribution in [0, 0.1) is 0 Å². The van der Waals surface area contributed by atoms with E-state index in [2.05, 4.69) is 35.0 Å². The molecule has 0 unspecified atom stereocenters. The molecule has 2 N–H and O–H groups in total. The molecule has 2 aromatic carbocycles. The lowest BCUT2D eigenvalue weighted by molar-refractivity contribution is 0.829. The van der Waals surface area contributed by atoms with E-state index in [4.69, 9.17) is 17.3 Å². The monoisotopic (exact) mass is 270 g/mol. The number of halogens is 1. The van der Waals surface area contributed by atoms with Crippen LogP contribution in [0.5, 0.6) is 0 Å². The summed E-state index contributed by atoms with van der Waals surface area (Å²) in [5.41, 5.74) is 9.37. The smallest absolute Gasteiger partial charge is 0.0501 e. The zero-order chi connectivity index (χ0) is 13.2. The van der Waals surface area contributed by atoms with Crippen molar-refractivity contribution in [1.29, 1.82) is 0 Å². The highest BCUT2D eigenvalue weighted by atomic mass is 35.5. The maximum Gasteiger partial charge on any atom is 0.0501 e. The van der Waals surface area contributed by atoms with Crippen LogP contribution < -0.4 is 5.73 Å². The lowest BCUT2D eigenvalue weighted by Gasteiger charge is -2.05. The van der Waals surface area contributed by atoms with E-state index in [1.807, 2.05) is 24.3 Å². The highest BCUT2D eigenvalue weighted by Gasteiger charge is 2.08. The topological polar surface area (TPSA) is 30.9 Å². The van der Waals surface area contributed by atoms with Gasteiger partial charge in [-0.2, -0.15) is 0 Å². The Morgan fingerprint density at radius 1 is 1.05 bits per heavy atom. The second-order valence-electron chi connectivity index (χ2n) is 4.63. The first-order valence-electron chi connectivity index (χ1n) is 6.29. The number of benzene rings is 2. The number of fused-ring (bicyclic) bond motifs is 1. The lowest BCUT2D eigenvalue weighted by atomic mass is 10.2. The van der Waals surface area contributed by atoms with E-state index in [0.717, 1.165) is 22.6 Å². The first-order chi connectivity index (χ1) is 9.28. The second kappa shape index (κ2) is 5.08. The molecule has 0 spiro atoms. The van der Waals surface area contributed by atoms with E-state index in [-0.39, 0.29) is 0 Å². The van der Waals surface area contributed by atoms with Gasteiger partial charge in [0.05, 0.1) is 5.52 Å². The molecule has 0 saturated heterocycles. The van der Waals surface area contributed by atoms with Crippen LogP contribution in [0.25, 0.3) is 10.9 Å². The summed E-state index contributed by atoms with van der Waals surface area (Å²) >= 11 is 6.10. The predicted octanol–water partition coefficient (Wildman–Crippen LogP) is 3.80. The first kappa shape index (κ1) is 12.3. The summed E-state index contributed by atoms with van der Waals surface area (Å²) in [6, 6.07) is 16.3. The Hall–Kier alpha value is -1.77. The number of nitrogens with zero attached hydrogens (tertiary/aromatic N) is 1. The normalized spacial score (nSPS) is 11.1. The van der Waals surface area contributed by atoms with Crippen LogP contribution in [0.1, 0.15) is 11.1 Å². The van der Waals surface area contributed by atoms with Gasteiger partial charge in [0.2, 0.25) is 0 Å². The molecule has 1 aromatic heterocycles. The van der Waals surface area contributed by atoms with Crippen molar-refractivity contribution in [2.24, 2.45) is 5.73 Å². The van der Waals surface area contributed by atoms with E-state index < -0.39 is 0 Å². The van der Waals surface area contributed by atoms with Crippen molar-refractivity contribution in [3.05, 3.63) is 70.9 Å². The molecule has 19 heavy (non-hydrogen) atoms. The maximum absolute atomic E-state index is 6.10. The molecule has 3 heteroatoms. The second-order valence-corrected chi connectivity index (χ2v) is 5.07. The largest absolute Gasteiger partial charge is 0.343 e. The van der Waals surface area contributed by atoms with Crippen molar-refractivity contribution in [1.82, 2.24) is 4.57 Å². The summed E-state index contributed by atoms with van der Waals surface area (Å²) in [5.74, 6) is 0. The van der Waals surface area contributed by atoms with Gasteiger partial charge in [-0.3, -0.25) is 0 Å². The Kier molecular flexibility index (Phi) is 3.28. The molecular weight excluding hydrogens is 256 g/mol. The third-order valence-corrected chi connectivity index (χ3v) is 3.58. The summed E-state index contributed by atoms with van der Waals surface area (Å²) in [7, 11) is 0. The first-order valence-corrected chi connectivity index (χ1v) is 6.67. The minimum atomic E-state index is 0.542. The number of hydrogen-bond acceptors (Lipinski definition) is 1. The van der Waals surface area contributed by atoms with Gasteiger partial charge in [-0.15, -0.1) is 0 Å². The average Bonchev–Trinajstić information content (AvgIpc) is 2.77. The number of nitrogens with two attached hydrogens (primary N) is 1. The van der Waals surface area contributed by atoms with Gasteiger partial charge >= 0.3 is 0 Å². The summed E-state index contributed by atoms with van der Waals surface area (Å²) in [5, 5.41) is 1.94. The fourth-order valence-corrected chi connectivity index (χ4v) is 2.58. The number of rotatable bonds is 3. The Labute approximate surface area is 117 Å². The van der Waals surface area contributed by atoms with Gasteiger partial charge in [-0.25, -0.2) is 0 Å². The predicted molar refractivity (Wildman–Crippen MR) is 80.4 cm³/mol. The van der Waals surface area contributed by atoms with Gasteiger partial charge in [0.15, 0.2) is 0 Å². The van der Waals surface area contributed by atoms with Crippen LogP contribution >= 0.6 is 11.6 Å². The van der Waals surface area contributed by atoms with Gasteiger partial charge in [-0.05, 0) is 23.3 Å². The Bertz CT molecular complexity index is 701. The third-order valence-electron chi connectivity index (χ3n) is 3.34. The van der Waals surface area contributed by atoms with E-state index in [9.17, 15) is 0 Å². The van der Waals surface area contributed by atoms with Crippen LogP contribution in [0.3, 0.4) is 0 Å². The van der Waals surface area contributed by atoms with Crippen molar-refractivity contribution >= 4 is 22.5 Å². The fourth-order valence-electron chi connectivity index (χ4n) is 2.41. The van der Waals surface area contributed by atoms with Crippen LogP contribution in [-0.4, -0.2) is 4.57 Å². The summed E-state index contributed by atoms with van der Waals surface area (Å²) in [6.07, 6.45) is 2.12.